The Morgan fingerprint density at radius 3 is 2.67 bits per heavy atom. The van der Waals surface area contributed by atoms with Crippen molar-refractivity contribution in [2.24, 2.45) is 0 Å². The molecule has 3 aromatic heterocycles. The first-order valence-corrected chi connectivity index (χ1v) is 7.45. The highest BCUT2D eigenvalue weighted by Gasteiger charge is 2.12. The van der Waals surface area contributed by atoms with E-state index in [-0.39, 0.29) is 6.47 Å². The van der Waals surface area contributed by atoms with E-state index >= 15 is 0 Å². The molecule has 0 unspecified atom stereocenters. The predicted molar refractivity (Wildman–Crippen MR) is 91.1 cm³/mol. The minimum Gasteiger partial charge on any atom is -0.483 e. The van der Waals surface area contributed by atoms with Gasteiger partial charge >= 0.3 is 0 Å². The Balaban J connectivity index is 0.000000647. The number of aryl methyl sites for hydroxylation is 1. The van der Waals surface area contributed by atoms with Crippen LogP contribution in [0.2, 0.25) is 0 Å². The van der Waals surface area contributed by atoms with Gasteiger partial charge in [0.15, 0.2) is 0 Å². The Morgan fingerprint density at radius 1 is 1.33 bits per heavy atom. The molecule has 24 heavy (non-hydrogen) atoms. The molecule has 3 heterocycles. The van der Waals surface area contributed by atoms with E-state index in [0.29, 0.717) is 11.9 Å². The second kappa shape index (κ2) is 7.54. The maximum Gasteiger partial charge on any atom is 0.290 e. The number of methoxy groups -OCH3 is 1. The van der Waals surface area contributed by atoms with Gasteiger partial charge < -0.3 is 9.84 Å². The Bertz CT molecular complexity index is 843. The fraction of sp³-hybridized carbons (Fsp3) is 0.294. The molecule has 0 aliphatic rings. The molecule has 0 saturated carbocycles. The first-order valence-electron chi connectivity index (χ1n) is 7.45. The summed E-state index contributed by atoms with van der Waals surface area (Å²) in [5.74, 6) is 0.588. The third kappa shape index (κ3) is 3.51. The van der Waals surface area contributed by atoms with Gasteiger partial charge in [0.05, 0.1) is 24.5 Å². The molecule has 0 atom stereocenters. The highest BCUT2D eigenvalue weighted by Crippen LogP contribution is 2.26. The van der Waals surface area contributed by atoms with Gasteiger partial charge in [0, 0.05) is 23.9 Å². The molecule has 0 aliphatic carbocycles. The van der Waals surface area contributed by atoms with E-state index in [1.165, 1.54) is 0 Å². The monoisotopic (exact) mass is 328 g/mol. The number of fused-ring (bicyclic) bond motifs is 1. The van der Waals surface area contributed by atoms with E-state index in [2.05, 4.69) is 36.9 Å². The summed E-state index contributed by atoms with van der Waals surface area (Å²) in [6.07, 6.45) is 3.55. The van der Waals surface area contributed by atoms with Gasteiger partial charge in [-0.15, -0.1) is 0 Å². The lowest BCUT2D eigenvalue weighted by Gasteiger charge is -2.10. The number of nitrogens with zero attached hydrogens (tertiary/aromatic N) is 4. The second-order valence-corrected chi connectivity index (χ2v) is 5.43. The smallest absolute Gasteiger partial charge is 0.290 e. The Kier molecular flexibility index (Phi) is 5.47. The van der Waals surface area contributed by atoms with E-state index in [1.807, 2.05) is 23.0 Å². The van der Waals surface area contributed by atoms with Gasteiger partial charge in [-0.05, 0) is 38.5 Å². The highest BCUT2D eigenvalue weighted by atomic mass is 16.5. The molecular formula is C17H20N4O3. The molecule has 7 nitrogen and oxygen atoms in total. The van der Waals surface area contributed by atoms with Crippen molar-refractivity contribution < 1.29 is 14.6 Å². The van der Waals surface area contributed by atoms with Crippen LogP contribution in [-0.2, 0) is 4.79 Å². The number of carbonyl (C=O) groups is 1. The van der Waals surface area contributed by atoms with Gasteiger partial charge in [0.1, 0.15) is 5.52 Å². The number of pyridine rings is 2. The molecule has 0 amide bonds. The van der Waals surface area contributed by atoms with Gasteiger partial charge in [-0.1, -0.05) is 0 Å². The molecule has 0 radical (unpaired) electrons. The van der Waals surface area contributed by atoms with E-state index in [1.54, 1.807) is 13.3 Å². The van der Waals surface area contributed by atoms with Gasteiger partial charge in [-0.25, -0.2) is 9.97 Å². The topological polar surface area (TPSA) is 90.1 Å². The largest absolute Gasteiger partial charge is 0.483 e. The summed E-state index contributed by atoms with van der Waals surface area (Å²) in [5, 5.41) is 11.3. The molecule has 0 fully saturated rings. The second-order valence-electron chi connectivity index (χ2n) is 5.43. The zero-order valence-corrected chi connectivity index (χ0v) is 14.1. The number of carboxylic acid groups (broad SMARTS) is 1. The molecule has 0 bridgehead atoms. The van der Waals surface area contributed by atoms with Crippen molar-refractivity contribution in [1.82, 2.24) is 19.7 Å². The van der Waals surface area contributed by atoms with Crippen LogP contribution in [0.1, 0.15) is 25.5 Å². The van der Waals surface area contributed by atoms with Gasteiger partial charge in [0.25, 0.3) is 6.47 Å². The van der Waals surface area contributed by atoms with Crippen molar-refractivity contribution in [2.75, 3.05) is 7.11 Å². The van der Waals surface area contributed by atoms with Gasteiger partial charge in [-0.3, -0.25) is 9.48 Å². The maximum atomic E-state index is 8.36. The third-order valence-electron chi connectivity index (χ3n) is 3.47. The Morgan fingerprint density at radius 2 is 2.04 bits per heavy atom. The Hall–Kier alpha value is -2.96. The lowest BCUT2D eigenvalue weighted by molar-refractivity contribution is -0.122. The number of aromatic nitrogens is 4. The number of hydrogen-bond acceptors (Lipinski definition) is 5. The van der Waals surface area contributed by atoms with Crippen LogP contribution in [0.4, 0.5) is 0 Å². The highest BCUT2D eigenvalue weighted by molar-refractivity contribution is 5.81. The van der Waals surface area contributed by atoms with Crippen LogP contribution in [0.3, 0.4) is 0 Å². The van der Waals surface area contributed by atoms with Crippen molar-refractivity contribution in [1.29, 1.82) is 0 Å². The third-order valence-corrected chi connectivity index (χ3v) is 3.47. The molecule has 0 aliphatic heterocycles. The minimum absolute atomic E-state index is 0.250. The van der Waals surface area contributed by atoms with Gasteiger partial charge in [0.2, 0.25) is 5.88 Å². The van der Waals surface area contributed by atoms with Crippen LogP contribution in [0.25, 0.3) is 22.3 Å². The van der Waals surface area contributed by atoms with Crippen LogP contribution in [0, 0.1) is 6.92 Å². The summed E-state index contributed by atoms with van der Waals surface area (Å²) in [6.45, 7) is 6.08. The molecular weight excluding hydrogens is 308 g/mol. The lowest BCUT2D eigenvalue weighted by atomic mass is 10.1. The van der Waals surface area contributed by atoms with Crippen LogP contribution in [0.5, 0.6) is 5.88 Å². The molecule has 7 heteroatoms. The fourth-order valence-electron chi connectivity index (χ4n) is 2.47. The zero-order valence-electron chi connectivity index (χ0n) is 14.1. The summed E-state index contributed by atoms with van der Waals surface area (Å²) in [4.78, 5) is 17.2. The summed E-state index contributed by atoms with van der Waals surface area (Å²) < 4.78 is 7.18. The molecule has 0 saturated heterocycles. The summed E-state index contributed by atoms with van der Waals surface area (Å²) in [5.41, 5.74) is 5.06. The van der Waals surface area contributed by atoms with Crippen molar-refractivity contribution in [3.63, 3.8) is 0 Å². The lowest BCUT2D eigenvalue weighted by Crippen LogP contribution is -2.03. The van der Waals surface area contributed by atoms with Crippen LogP contribution < -0.4 is 4.74 Å². The standard InChI is InChI=1S/C16H18N4O.CH2O2/c1-10(2)20-16-11(3)7-13(19-14(16)9-18-20)12-5-6-17-15(8-12)21-4;2-1-3/h5-10H,1-4H3;1H,(H,2,3). The number of hydrogen-bond donors (Lipinski definition) is 1. The van der Waals surface area contributed by atoms with Crippen LogP contribution in [-0.4, -0.2) is 38.4 Å². The van der Waals surface area contributed by atoms with Crippen molar-refractivity contribution in [2.45, 2.75) is 26.8 Å². The summed E-state index contributed by atoms with van der Waals surface area (Å²) >= 11 is 0. The van der Waals surface area contributed by atoms with Crippen LogP contribution in [0.15, 0.2) is 30.6 Å². The average molecular weight is 328 g/mol. The fourth-order valence-corrected chi connectivity index (χ4v) is 2.47. The number of rotatable bonds is 3. The van der Waals surface area contributed by atoms with E-state index < -0.39 is 0 Å². The molecule has 126 valence electrons. The van der Waals surface area contributed by atoms with Crippen LogP contribution >= 0.6 is 0 Å². The minimum atomic E-state index is -0.250. The molecule has 3 rings (SSSR count). The molecule has 0 aromatic carbocycles. The van der Waals surface area contributed by atoms with Crippen molar-refractivity contribution >= 4 is 17.5 Å². The normalized spacial score (nSPS) is 10.4. The predicted octanol–water partition coefficient (Wildman–Crippen LogP) is 3.09. The van der Waals surface area contributed by atoms with E-state index in [0.717, 1.165) is 27.9 Å². The quantitative estimate of drug-likeness (QED) is 0.743. The molecule has 1 N–H and O–H groups in total. The van der Waals surface area contributed by atoms with Crippen molar-refractivity contribution in [3.8, 4) is 17.1 Å². The molecule has 3 aromatic rings. The average Bonchev–Trinajstić information content (AvgIpc) is 3.00. The van der Waals surface area contributed by atoms with E-state index in [9.17, 15) is 0 Å². The van der Waals surface area contributed by atoms with Crippen molar-refractivity contribution in [3.05, 3.63) is 36.2 Å². The first kappa shape index (κ1) is 17.4. The SMILES string of the molecule is COc1cc(-c2cc(C)c3c(cnn3C(C)C)n2)ccn1.O=CO. The Labute approximate surface area is 139 Å². The zero-order chi connectivity index (χ0) is 17.7. The molecule has 0 spiro atoms. The summed E-state index contributed by atoms with van der Waals surface area (Å²) in [7, 11) is 1.61. The van der Waals surface area contributed by atoms with Gasteiger partial charge in [-0.2, -0.15) is 5.10 Å². The first-order chi connectivity index (χ1) is 11.5. The van der Waals surface area contributed by atoms with E-state index in [4.69, 9.17) is 19.6 Å². The maximum absolute atomic E-state index is 8.36. The number of ether oxygens (including phenoxy) is 1. The summed E-state index contributed by atoms with van der Waals surface area (Å²) in [6, 6.07) is 6.22.